The third-order valence-corrected chi connectivity index (χ3v) is 0.492. The smallest absolute Gasteiger partial charge is 0.296 e. The van der Waals surface area contributed by atoms with Gasteiger partial charge in [-0.1, -0.05) is 6.92 Å². The SMILES string of the molecule is CCC=C(C)[O].[H+]. The normalized spacial score (nSPS) is 12.0. The summed E-state index contributed by atoms with van der Waals surface area (Å²) in [5, 5.41) is 9.99. The van der Waals surface area contributed by atoms with Crippen molar-refractivity contribution in [2.45, 2.75) is 20.3 Å². The maximum absolute atomic E-state index is 9.99. The van der Waals surface area contributed by atoms with E-state index < -0.39 is 0 Å². The second-order valence-electron chi connectivity index (χ2n) is 1.22. The van der Waals surface area contributed by atoms with Crippen LogP contribution in [0, 0.1) is 0 Å². The van der Waals surface area contributed by atoms with Crippen LogP contribution in [0.15, 0.2) is 11.8 Å². The van der Waals surface area contributed by atoms with Crippen LogP contribution in [-0.2, 0) is 5.11 Å². The van der Waals surface area contributed by atoms with Crippen molar-refractivity contribution in [3.63, 3.8) is 0 Å². The van der Waals surface area contributed by atoms with Gasteiger partial charge in [-0.25, -0.2) is 0 Å². The minimum absolute atomic E-state index is 0. The molecule has 0 heterocycles. The summed E-state index contributed by atoms with van der Waals surface area (Å²) in [6.07, 6.45) is 2.51. The first-order valence-electron chi connectivity index (χ1n) is 2.11. The molecule has 0 aliphatic carbocycles. The van der Waals surface area contributed by atoms with E-state index in [2.05, 4.69) is 0 Å². The van der Waals surface area contributed by atoms with Crippen molar-refractivity contribution in [1.82, 2.24) is 0 Å². The molecular weight excluding hydrogens is 76.1 g/mol. The van der Waals surface area contributed by atoms with Crippen LogP contribution in [0.4, 0.5) is 0 Å². The summed E-state index contributed by atoms with van der Waals surface area (Å²) in [6.45, 7) is 3.50. The first kappa shape index (κ1) is 5.54. The van der Waals surface area contributed by atoms with E-state index in [1.165, 1.54) is 0 Å². The molecule has 0 saturated heterocycles. The van der Waals surface area contributed by atoms with Crippen LogP contribution in [0.5, 0.6) is 0 Å². The van der Waals surface area contributed by atoms with E-state index >= 15 is 0 Å². The van der Waals surface area contributed by atoms with E-state index in [1.54, 1.807) is 13.0 Å². The Hall–Kier alpha value is -0.460. The maximum Gasteiger partial charge on any atom is 1.00 e. The third-order valence-electron chi connectivity index (χ3n) is 0.492. The Kier molecular flexibility index (Phi) is 2.55. The van der Waals surface area contributed by atoms with Gasteiger partial charge in [0, 0.05) is 0 Å². The van der Waals surface area contributed by atoms with Gasteiger partial charge in [0.2, 0.25) is 0 Å². The Labute approximate surface area is 39.8 Å². The second kappa shape index (κ2) is 2.76. The standard InChI is InChI=1S/C5H9O/c1-3-4-5(2)6/h4H,3H2,1-2H3/p+1. The van der Waals surface area contributed by atoms with Gasteiger partial charge in [0.25, 0.3) is 0 Å². The van der Waals surface area contributed by atoms with Crippen molar-refractivity contribution in [3.8, 4) is 0 Å². The summed E-state index contributed by atoms with van der Waals surface area (Å²) >= 11 is 0. The quantitative estimate of drug-likeness (QED) is 0.434. The number of hydrogen-bond donors (Lipinski definition) is 0. The van der Waals surface area contributed by atoms with Gasteiger partial charge in [-0.05, 0) is 19.4 Å². The molecule has 1 radical (unpaired) electrons. The highest BCUT2D eigenvalue weighted by atomic mass is 16.3. The fraction of sp³-hybridized carbons (Fsp3) is 0.600. The molecule has 0 atom stereocenters. The lowest BCUT2D eigenvalue weighted by molar-refractivity contribution is 0.298. The van der Waals surface area contributed by atoms with Crippen LogP contribution in [-0.4, -0.2) is 0 Å². The minimum atomic E-state index is 0. The van der Waals surface area contributed by atoms with Crippen molar-refractivity contribution in [3.05, 3.63) is 11.8 Å². The zero-order valence-electron chi connectivity index (χ0n) is 5.19. The fourth-order valence-electron chi connectivity index (χ4n) is 0.287. The summed E-state index contributed by atoms with van der Waals surface area (Å²) in [5.74, 6) is 0.164. The van der Waals surface area contributed by atoms with Gasteiger partial charge in [0.05, 0.1) is 0 Å². The molecule has 0 aliphatic heterocycles. The van der Waals surface area contributed by atoms with Crippen LogP contribution in [0.3, 0.4) is 0 Å². The molecule has 0 amide bonds. The van der Waals surface area contributed by atoms with E-state index in [-0.39, 0.29) is 7.19 Å². The Bertz CT molecular complexity index is 55.1. The van der Waals surface area contributed by atoms with Crippen LogP contribution in [0.2, 0.25) is 0 Å². The molecule has 0 rings (SSSR count). The molecule has 0 aromatic carbocycles. The van der Waals surface area contributed by atoms with E-state index in [1.807, 2.05) is 6.92 Å². The molecule has 6 heavy (non-hydrogen) atoms. The molecule has 1 nitrogen and oxygen atoms in total. The molecule has 0 bridgehead atoms. The fourth-order valence-corrected chi connectivity index (χ4v) is 0.287. The van der Waals surface area contributed by atoms with Gasteiger partial charge in [-0.3, -0.25) is 5.11 Å². The van der Waals surface area contributed by atoms with Gasteiger partial charge in [-0.2, -0.15) is 0 Å². The molecule has 0 unspecified atom stereocenters. The molecule has 0 spiro atoms. The molecule has 0 fully saturated rings. The molecule has 0 aromatic heterocycles. The highest BCUT2D eigenvalue weighted by molar-refractivity contribution is 4.83. The second-order valence-corrected chi connectivity index (χ2v) is 1.22. The van der Waals surface area contributed by atoms with Crippen molar-refractivity contribution in [1.29, 1.82) is 0 Å². The van der Waals surface area contributed by atoms with E-state index in [4.69, 9.17) is 0 Å². The summed E-state index contributed by atoms with van der Waals surface area (Å²) in [7, 11) is 0. The summed E-state index contributed by atoms with van der Waals surface area (Å²) < 4.78 is 0. The molecule has 1 heteroatoms. The summed E-state index contributed by atoms with van der Waals surface area (Å²) in [5.41, 5.74) is 0. The molecular formula is C5H10O+. The van der Waals surface area contributed by atoms with Crippen LogP contribution in [0.1, 0.15) is 21.7 Å². The van der Waals surface area contributed by atoms with Crippen LogP contribution in [0.25, 0.3) is 0 Å². The number of rotatable bonds is 1. The Balaban J connectivity index is 0. The maximum atomic E-state index is 9.99. The Morgan fingerprint density at radius 2 is 2.50 bits per heavy atom. The van der Waals surface area contributed by atoms with Gasteiger partial charge < -0.3 is 0 Å². The lowest BCUT2D eigenvalue weighted by Crippen LogP contribution is -1.62. The molecule has 0 N–H and O–H groups in total. The van der Waals surface area contributed by atoms with Gasteiger partial charge in [-0.15, -0.1) is 0 Å². The third kappa shape index (κ3) is 3.54. The predicted molar refractivity (Wildman–Crippen MR) is 25.8 cm³/mol. The van der Waals surface area contributed by atoms with Crippen LogP contribution < -0.4 is 0 Å². The average Bonchev–Trinajstić information content (AvgIpc) is 1.35. The Morgan fingerprint density at radius 3 is 2.50 bits per heavy atom. The van der Waals surface area contributed by atoms with Gasteiger partial charge >= 0.3 is 1.43 Å². The Morgan fingerprint density at radius 1 is 2.00 bits per heavy atom. The van der Waals surface area contributed by atoms with Crippen molar-refractivity contribution in [2.75, 3.05) is 0 Å². The first-order chi connectivity index (χ1) is 2.77. The van der Waals surface area contributed by atoms with E-state index in [0.717, 1.165) is 6.42 Å². The monoisotopic (exact) mass is 86.1 g/mol. The molecule has 35 valence electrons. The average molecular weight is 86.1 g/mol. The van der Waals surface area contributed by atoms with E-state index in [0.29, 0.717) is 0 Å². The van der Waals surface area contributed by atoms with Gasteiger partial charge in [0.1, 0.15) is 5.76 Å². The highest BCUT2D eigenvalue weighted by Gasteiger charge is 1.74. The largest absolute Gasteiger partial charge is 1.00 e. The first-order valence-corrected chi connectivity index (χ1v) is 2.11. The van der Waals surface area contributed by atoms with Crippen molar-refractivity contribution < 1.29 is 6.53 Å². The van der Waals surface area contributed by atoms with Crippen LogP contribution >= 0.6 is 0 Å². The number of allylic oxidation sites excluding steroid dienone is 2. The predicted octanol–water partition coefficient (Wildman–Crippen LogP) is 1.84. The van der Waals surface area contributed by atoms with Crippen molar-refractivity contribution >= 4 is 0 Å². The topological polar surface area (TPSA) is 19.9 Å². The molecule has 0 saturated carbocycles. The lowest BCUT2D eigenvalue weighted by atomic mass is 10.4. The zero-order chi connectivity index (χ0) is 4.99. The minimum Gasteiger partial charge on any atom is -0.296 e. The molecule has 0 aromatic rings. The van der Waals surface area contributed by atoms with E-state index in [9.17, 15) is 5.11 Å². The number of hydrogen-bond acceptors (Lipinski definition) is 0. The highest BCUT2D eigenvalue weighted by Crippen LogP contribution is 1.86. The summed E-state index contributed by atoms with van der Waals surface area (Å²) in [4.78, 5) is 0. The van der Waals surface area contributed by atoms with Gasteiger partial charge in [0.15, 0.2) is 0 Å². The zero-order valence-corrected chi connectivity index (χ0v) is 4.19. The summed E-state index contributed by atoms with van der Waals surface area (Å²) in [6, 6.07) is 0. The van der Waals surface area contributed by atoms with Crippen molar-refractivity contribution in [2.24, 2.45) is 0 Å². The lowest BCUT2D eigenvalue weighted by Gasteiger charge is -1.74. The molecule has 0 aliphatic rings.